The molecule has 5 heteroatoms. The number of anilines is 1. The molecule has 2 fully saturated rings. The lowest BCUT2D eigenvalue weighted by Gasteiger charge is -2.33. The Balaban J connectivity index is 1.36. The molecule has 4 rings (SSSR count). The van der Waals surface area contributed by atoms with Gasteiger partial charge in [0.2, 0.25) is 5.91 Å². The zero-order valence-electron chi connectivity index (χ0n) is 15.7. The molecule has 3 heterocycles. The summed E-state index contributed by atoms with van der Waals surface area (Å²) in [5.74, 6) is 1.54. The van der Waals surface area contributed by atoms with E-state index < -0.39 is 0 Å². The second-order valence-corrected chi connectivity index (χ2v) is 9.15. The molecule has 0 aromatic carbocycles. The van der Waals surface area contributed by atoms with E-state index in [0.717, 1.165) is 44.6 Å². The summed E-state index contributed by atoms with van der Waals surface area (Å²) in [6.07, 6.45) is 11.3. The van der Waals surface area contributed by atoms with Crippen LogP contribution in [0.4, 0.5) is 5.82 Å². The molecular weight excluding hydrogens is 342 g/mol. The van der Waals surface area contributed by atoms with Crippen molar-refractivity contribution in [3.8, 4) is 0 Å². The summed E-state index contributed by atoms with van der Waals surface area (Å²) in [5.41, 5.74) is 0. The number of rotatable bonds is 3. The van der Waals surface area contributed by atoms with E-state index in [-0.39, 0.29) is 11.8 Å². The fourth-order valence-electron chi connectivity index (χ4n) is 4.42. The molecule has 0 spiro atoms. The van der Waals surface area contributed by atoms with Gasteiger partial charge in [-0.15, -0.1) is 11.3 Å². The maximum Gasteiger partial charge on any atom is 0.223 e. The highest BCUT2D eigenvalue weighted by Gasteiger charge is 2.28. The number of hydrogen-bond donors (Lipinski definition) is 1. The Hall–Kier alpha value is -1.62. The average molecular weight is 372 g/mol. The van der Waals surface area contributed by atoms with E-state index in [1.165, 1.54) is 40.6 Å². The molecule has 140 valence electrons. The first kappa shape index (κ1) is 17.8. The van der Waals surface area contributed by atoms with Crippen molar-refractivity contribution in [2.45, 2.75) is 64.3 Å². The Bertz CT molecular complexity index is 756. The van der Waals surface area contributed by atoms with Crippen LogP contribution < -0.4 is 10.2 Å². The van der Waals surface area contributed by atoms with E-state index in [1.54, 1.807) is 0 Å². The van der Waals surface area contributed by atoms with Crippen LogP contribution in [0.15, 0.2) is 18.3 Å². The molecule has 1 aliphatic carbocycles. The first-order valence-corrected chi connectivity index (χ1v) is 10.9. The van der Waals surface area contributed by atoms with Crippen molar-refractivity contribution < 1.29 is 4.79 Å². The highest BCUT2D eigenvalue weighted by Crippen LogP contribution is 2.33. The van der Waals surface area contributed by atoms with Crippen LogP contribution in [0, 0.1) is 12.8 Å². The fourth-order valence-corrected chi connectivity index (χ4v) is 5.34. The lowest BCUT2D eigenvalue weighted by atomic mass is 9.95. The Morgan fingerprint density at radius 2 is 1.88 bits per heavy atom. The molecule has 1 aliphatic heterocycles. The van der Waals surface area contributed by atoms with Gasteiger partial charge in [-0.1, -0.05) is 25.7 Å². The van der Waals surface area contributed by atoms with Gasteiger partial charge in [0.1, 0.15) is 5.82 Å². The fraction of sp³-hybridized carbons (Fsp3) is 0.619. The van der Waals surface area contributed by atoms with E-state index in [4.69, 9.17) is 0 Å². The first-order valence-electron chi connectivity index (χ1n) is 10.1. The predicted molar refractivity (Wildman–Crippen MR) is 109 cm³/mol. The summed E-state index contributed by atoms with van der Waals surface area (Å²) in [4.78, 5) is 21.0. The molecule has 26 heavy (non-hydrogen) atoms. The van der Waals surface area contributed by atoms with Crippen LogP contribution in [0.5, 0.6) is 0 Å². The van der Waals surface area contributed by atoms with Gasteiger partial charge in [-0.05, 0) is 44.7 Å². The quantitative estimate of drug-likeness (QED) is 0.798. The topological polar surface area (TPSA) is 45.2 Å². The largest absolute Gasteiger partial charge is 0.356 e. The van der Waals surface area contributed by atoms with Gasteiger partial charge in [-0.2, -0.15) is 0 Å². The molecule has 0 atom stereocenters. The van der Waals surface area contributed by atoms with E-state index in [0.29, 0.717) is 6.04 Å². The van der Waals surface area contributed by atoms with Gasteiger partial charge in [-0.25, -0.2) is 4.98 Å². The molecule has 4 nitrogen and oxygen atoms in total. The van der Waals surface area contributed by atoms with Crippen molar-refractivity contribution in [1.29, 1.82) is 0 Å². The van der Waals surface area contributed by atoms with E-state index in [1.807, 2.05) is 17.5 Å². The minimum atomic E-state index is 0.165. The number of nitrogens with one attached hydrogen (secondary N) is 1. The Labute approximate surface area is 160 Å². The summed E-state index contributed by atoms with van der Waals surface area (Å²) in [6.45, 7) is 3.99. The van der Waals surface area contributed by atoms with E-state index >= 15 is 0 Å². The highest BCUT2D eigenvalue weighted by atomic mass is 32.1. The zero-order chi connectivity index (χ0) is 17.9. The number of carbonyl (C=O) groups is 1. The smallest absolute Gasteiger partial charge is 0.223 e. The molecule has 1 saturated carbocycles. The molecular formula is C21H29N3OS. The minimum Gasteiger partial charge on any atom is -0.356 e. The standard InChI is InChI=1S/C21H29N3OS/c1-15-14-18-19(26-15)8-11-22-20(18)24-12-9-16(10-13-24)21(25)23-17-6-4-2-3-5-7-17/h8,11,14,16-17H,2-7,9-10,12-13H2,1H3,(H,23,25). The molecule has 1 saturated heterocycles. The van der Waals surface area contributed by atoms with Crippen molar-refractivity contribution in [1.82, 2.24) is 10.3 Å². The van der Waals surface area contributed by atoms with Crippen molar-refractivity contribution in [3.63, 3.8) is 0 Å². The summed E-state index contributed by atoms with van der Waals surface area (Å²) >= 11 is 1.83. The number of fused-ring (bicyclic) bond motifs is 1. The number of carbonyl (C=O) groups excluding carboxylic acids is 1. The third-order valence-corrected chi connectivity index (χ3v) is 6.93. The minimum absolute atomic E-state index is 0.165. The normalized spacial score (nSPS) is 20.3. The second kappa shape index (κ2) is 7.95. The molecule has 2 aliphatic rings. The number of amides is 1. The molecule has 2 aromatic heterocycles. The summed E-state index contributed by atoms with van der Waals surface area (Å²) < 4.78 is 1.31. The molecule has 0 radical (unpaired) electrons. The van der Waals surface area contributed by atoms with E-state index in [9.17, 15) is 4.79 Å². The number of aromatic nitrogens is 1. The molecule has 1 N–H and O–H groups in total. The highest BCUT2D eigenvalue weighted by molar-refractivity contribution is 7.19. The summed E-state index contributed by atoms with van der Waals surface area (Å²) in [7, 11) is 0. The number of nitrogens with zero attached hydrogens (tertiary/aromatic N) is 2. The van der Waals surface area contributed by atoms with Crippen LogP contribution in [-0.4, -0.2) is 30.0 Å². The van der Waals surface area contributed by atoms with Crippen LogP contribution in [0.25, 0.3) is 10.1 Å². The third kappa shape index (κ3) is 3.88. The van der Waals surface area contributed by atoms with Gasteiger partial charge in [0, 0.05) is 46.2 Å². The lowest BCUT2D eigenvalue weighted by Crippen LogP contribution is -2.44. The van der Waals surface area contributed by atoms with Gasteiger partial charge in [0.25, 0.3) is 0 Å². The van der Waals surface area contributed by atoms with Crippen molar-refractivity contribution in [2.24, 2.45) is 5.92 Å². The van der Waals surface area contributed by atoms with Gasteiger partial charge in [0.15, 0.2) is 0 Å². The average Bonchev–Trinajstić information content (AvgIpc) is 2.86. The number of pyridine rings is 1. The van der Waals surface area contributed by atoms with Gasteiger partial charge in [-0.3, -0.25) is 4.79 Å². The van der Waals surface area contributed by atoms with Crippen molar-refractivity contribution in [2.75, 3.05) is 18.0 Å². The number of piperidine rings is 1. The Kier molecular flexibility index (Phi) is 5.44. The number of hydrogen-bond acceptors (Lipinski definition) is 4. The van der Waals surface area contributed by atoms with Crippen LogP contribution in [-0.2, 0) is 4.79 Å². The predicted octanol–water partition coefficient (Wildman–Crippen LogP) is 4.66. The van der Waals surface area contributed by atoms with Gasteiger partial charge < -0.3 is 10.2 Å². The zero-order valence-corrected chi connectivity index (χ0v) is 16.5. The van der Waals surface area contributed by atoms with Crippen LogP contribution in [0.1, 0.15) is 56.2 Å². The second-order valence-electron chi connectivity index (χ2n) is 7.86. The summed E-state index contributed by atoms with van der Waals surface area (Å²) in [6, 6.07) is 4.75. The Morgan fingerprint density at radius 1 is 1.15 bits per heavy atom. The molecule has 0 bridgehead atoms. The maximum absolute atomic E-state index is 12.7. The molecule has 0 unspecified atom stereocenters. The van der Waals surface area contributed by atoms with Crippen LogP contribution in [0.3, 0.4) is 0 Å². The van der Waals surface area contributed by atoms with Crippen molar-refractivity contribution >= 4 is 33.1 Å². The number of thiophene rings is 1. The van der Waals surface area contributed by atoms with Crippen molar-refractivity contribution in [3.05, 3.63) is 23.2 Å². The maximum atomic E-state index is 12.7. The number of aryl methyl sites for hydroxylation is 1. The van der Waals surface area contributed by atoms with Gasteiger partial charge >= 0.3 is 0 Å². The van der Waals surface area contributed by atoms with E-state index in [2.05, 4.69) is 34.3 Å². The Morgan fingerprint density at radius 3 is 2.62 bits per heavy atom. The summed E-state index contributed by atoms with van der Waals surface area (Å²) in [5, 5.41) is 4.61. The molecule has 2 aromatic rings. The van der Waals surface area contributed by atoms with Crippen LogP contribution in [0.2, 0.25) is 0 Å². The molecule has 1 amide bonds. The SMILES string of the molecule is Cc1cc2c(N3CCC(C(=O)NC4CCCCCC4)CC3)nccc2s1. The first-order chi connectivity index (χ1) is 12.7. The third-order valence-electron chi connectivity index (χ3n) is 5.91. The van der Waals surface area contributed by atoms with Gasteiger partial charge in [0.05, 0.1) is 0 Å². The lowest BCUT2D eigenvalue weighted by molar-refractivity contribution is -0.126. The monoisotopic (exact) mass is 371 g/mol. The van der Waals surface area contributed by atoms with Crippen LogP contribution >= 0.6 is 11.3 Å².